The van der Waals surface area contributed by atoms with Gasteiger partial charge in [0, 0.05) is 52.0 Å². The molecule has 0 saturated carbocycles. The summed E-state index contributed by atoms with van der Waals surface area (Å²) in [6, 6.07) is 11.8. The van der Waals surface area contributed by atoms with Gasteiger partial charge in [0.1, 0.15) is 0 Å². The summed E-state index contributed by atoms with van der Waals surface area (Å²) in [6.07, 6.45) is 8.41. The van der Waals surface area contributed by atoms with E-state index in [1.165, 1.54) is 11.1 Å². The lowest BCUT2D eigenvalue weighted by Gasteiger charge is -2.38. The fourth-order valence-electron chi connectivity index (χ4n) is 3.89. The van der Waals surface area contributed by atoms with E-state index in [0.717, 1.165) is 51.3 Å². The molecule has 7 heteroatoms. The van der Waals surface area contributed by atoms with E-state index in [2.05, 4.69) is 69.1 Å². The van der Waals surface area contributed by atoms with E-state index in [1.807, 2.05) is 25.0 Å². The molecule has 2 unspecified atom stereocenters. The number of guanidine groups is 1. The number of aryl methyl sites for hydroxylation is 2. The first-order valence-electron chi connectivity index (χ1n) is 10.4. The van der Waals surface area contributed by atoms with Gasteiger partial charge in [-0.25, -0.2) is 0 Å². The Hall–Kier alpha value is -1.61. The lowest BCUT2D eigenvalue weighted by Crippen LogP contribution is -2.51. The average Bonchev–Trinajstić information content (AvgIpc) is 3.12. The van der Waals surface area contributed by atoms with Gasteiger partial charge in [0.15, 0.2) is 5.96 Å². The normalized spacial score (nSPS) is 20.2. The van der Waals surface area contributed by atoms with Crippen LogP contribution < -0.4 is 10.6 Å². The van der Waals surface area contributed by atoms with Gasteiger partial charge >= 0.3 is 0 Å². The number of likely N-dealkylation sites (tertiary alicyclic amines) is 1. The van der Waals surface area contributed by atoms with Crippen LogP contribution in [-0.2, 0) is 20.0 Å². The molecule has 160 valence electrons. The second-order valence-corrected chi connectivity index (χ2v) is 7.80. The molecule has 1 fully saturated rings. The highest BCUT2D eigenvalue weighted by molar-refractivity contribution is 14.0. The highest BCUT2D eigenvalue weighted by Gasteiger charge is 2.25. The molecule has 0 radical (unpaired) electrons. The summed E-state index contributed by atoms with van der Waals surface area (Å²) < 4.78 is 1.86. The van der Waals surface area contributed by atoms with Gasteiger partial charge in [0.05, 0.1) is 6.20 Å². The van der Waals surface area contributed by atoms with Crippen molar-refractivity contribution in [1.29, 1.82) is 0 Å². The lowest BCUT2D eigenvalue weighted by atomic mass is 9.97. The van der Waals surface area contributed by atoms with Crippen molar-refractivity contribution in [1.82, 2.24) is 25.3 Å². The number of benzene rings is 1. The molecule has 2 heterocycles. The Morgan fingerprint density at radius 1 is 1.24 bits per heavy atom. The Bertz CT molecular complexity index is 745. The molecule has 2 aromatic rings. The SMILES string of the molecule is CN=C(NCCCc1cnn(C)c1)NC1CCN(Cc2ccccc2)C(C)C1.I. The summed E-state index contributed by atoms with van der Waals surface area (Å²) in [5, 5.41) is 11.3. The third-order valence-corrected chi connectivity index (χ3v) is 5.50. The van der Waals surface area contributed by atoms with E-state index >= 15 is 0 Å². The minimum atomic E-state index is 0. The van der Waals surface area contributed by atoms with Gasteiger partial charge in [-0.05, 0) is 43.7 Å². The molecule has 1 aliphatic heterocycles. The second kappa shape index (κ2) is 12.2. The molecule has 2 N–H and O–H groups in total. The topological polar surface area (TPSA) is 57.5 Å². The summed E-state index contributed by atoms with van der Waals surface area (Å²) in [7, 11) is 3.81. The van der Waals surface area contributed by atoms with Crippen molar-refractivity contribution in [3.63, 3.8) is 0 Å². The first kappa shape index (κ1) is 23.7. The number of nitrogens with zero attached hydrogens (tertiary/aromatic N) is 4. The zero-order valence-electron chi connectivity index (χ0n) is 17.8. The predicted octanol–water partition coefficient (Wildman–Crippen LogP) is 3.19. The van der Waals surface area contributed by atoms with Crippen LogP contribution in [0.4, 0.5) is 0 Å². The van der Waals surface area contributed by atoms with Crippen LogP contribution in [-0.4, -0.2) is 52.9 Å². The van der Waals surface area contributed by atoms with E-state index in [9.17, 15) is 0 Å². The summed E-state index contributed by atoms with van der Waals surface area (Å²) in [4.78, 5) is 6.99. The highest BCUT2D eigenvalue weighted by Crippen LogP contribution is 2.19. The molecule has 1 aromatic carbocycles. The predicted molar refractivity (Wildman–Crippen MR) is 131 cm³/mol. The Morgan fingerprint density at radius 3 is 2.69 bits per heavy atom. The Kier molecular flexibility index (Phi) is 9.93. The van der Waals surface area contributed by atoms with E-state index in [0.29, 0.717) is 12.1 Å². The number of hydrogen-bond acceptors (Lipinski definition) is 3. The van der Waals surface area contributed by atoms with E-state index < -0.39 is 0 Å². The van der Waals surface area contributed by atoms with Crippen LogP contribution in [0.3, 0.4) is 0 Å². The molecular weight excluding hydrogens is 475 g/mol. The molecule has 1 aliphatic rings. The molecule has 0 bridgehead atoms. The van der Waals surface area contributed by atoms with Crippen molar-refractivity contribution in [3.05, 3.63) is 53.9 Å². The Labute approximate surface area is 192 Å². The maximum atomic E-state index is 4.41. The number of piperidine rings is 1. The zero-order chi connectivity index (χ0) is 19.8. The molecule has 3 rings (SSSR count). The third-order valence-electron chi connectivity index (χ3n) is 5.50. The van der Waals surface area contributed by atoms with Gasteiger partial charge in [-0.3, -0.25) is 14.6 Å². The summed E-state index contributed by atoms with van der Waals surface area (Å²) >= 11 is 0. The molecule has 29 heavy (non-hydrogen) atoms. The van der Waals surface area contributed by atoms with E-state index in [4.69, 9.17) is 0 Å². The van der Waals surface area contributed by atoms with Crippen molar-refractivity contribution in [2.75, 3.05) is 20.1 Å². The average molecular weight is 510 g/mol. The van der Waals surface area contributed by atoms with Crippen LogP contribution in [0.5, 0.6) is 0 Å². The standard InChI is InChI=1S/C22H34N6.HI/c1-18-14-21(11-13-28(18)17-19-8-5-4-6-9-19)26-22(23-2)24-12-7-10-20-15-25-27(3)16-20;/h4-6,8-9,15-16,18,21H,7,10-14,17H2,1-3H3,(H2,23,24,26);1H. The van der Waals surface area contributed by atoms with Crippen LogP contribution in [0.2, 0.25) is 0 Å². The number of hydrogen-bond donors (Lipinski definition) is 2. The van der Waals surface area contributed by atoms with Crippen LogP contribution in [0.1, 0.15) is 37.3 Å². The van der Waals surface area contributed by atoms with Crippen molar-refractivity contribution in [3.8, 4) is 0 Å². The van der Waals surface area contributed by atoms with Gasteiger partial charge in [-0.2, -0.15) is 5.10 Å². The van der Waals surface area contributed by atoms with Crippen molar-refractivity contribution < 1.29 is 0 Å². The van der Waals surface area contributed by atoms with Crippen LogP contribution in [0.25, 0.3) is 0 Å². The first-order valence-corrected chi connectivity index (χ1v) is 10.4. The van der Waals surface area contributed by atoms with Crippen molar-refractivity contribution in [2.45, 2.75) is 51.2 Å². The Balaban J connectivity index is 0.00000300. The van der Waals surface area contributed by atoms with Gasteiger partial charge in [-0.15, -0.1) is 24.0 Å². The molecule has 0 amide bonds. The maximum absolute atomic E-state index is 4.41. The zero-order valence-corrected chi connectivity index (χ0v) is 20.2. The van der Waals surface area contributed by atoms with Gasteiger partial charge in [0.2, 0.25) is 0 Å². The quantitative estimate of drug-likeness (QED) is 0.260. The number of aliphatic imine (C=N–C) groups is 1. The molecule has 0 aliphatic carbocycles. The van der Waals surface area contributed by atoms with Crippen LogP contribution in [0, 0.1) is 0 Å². The number of halogens is 1. The molecular formula is C22H35IN6. The van der Waals surface area contributed by atoms with Gasteiger partial charge in [-0.1, -0.05) is 30.3 Å². The Morgan fingerprint density at radius 2 is 2.03 bits per heavy atom. The third kappa shape index (κ3) is 7.62. The summed E-state index contributed by atoms with van der Waals surface area (Å²) in [5.41, 5.74) is 2.68. The highest BCUT2D eigenvalue weighted by atomic mass is 127. The monoisotopic (exact) mass is 510 g/mol. The smallest absolute Gasteiger partial charge is 0.191 e. The molecule has 1 aromatic heterocycles. The molecule has 0 spiro atoms. The van der Waals surface area contributed by atoms with Crippen LogP contribution >= 0.6 is 24.0 Å². The fourth-order valence-corrected chi connectivity index (χ4v) is 3.89. The van der Waals surface area contributed by atoms with Crippen LogP contribution in [0.15, 0.2) is 47.7 Å². The van der Waals surface area contributed by atoms with Gasteiger partial charge in [0.25, 0.3) is 0 Å². The number of nitrogens with one attached hydrogen (secondary N) is 2. The minimum Gasteiger partial charge on any atom is -0.356 e. The molecule has 6 nitrogen and oxygen atoms in total. The summed E-state index contributed by atoms with van der Waals surface area (Å²) in [5.74, 6) is 0.917. The van der Waals surface area contributed by atoms with Crippen molar-refractivity contribution >= 4 is 29.9 Å². The minimum absolute atomic E-state index is 0. The van der Waals surface area contributed by atoms with Gasteiger partial charge < -0.3 is 10.6 Å². The maximum Gasteiger partial charge on any atom is 0.191 e. The fraction of sp³-hybridized carbons (Fsp3) is 0.545. The van der Waals surface area contributed by atoms with Crippen molar-refractivity contribution in [2.24, 2.45) is 12.0 Å². The first-order chi connectivity index (χ1) is 13.6. The number of rotatable bonds is 7. The number of aromatic nitrogens is 2. The van der Waals surface area contributed by atoms with E-state index in [1.54, 1.807) is 0 Å². The second-order valence-electron chi connectivity index (χ2n) is 7.80. The molecule has 2 atom stereocenters. The summed E-state index contributed by atoms with van der Waals surface area (Å²) in [6.45, 7) is 5.40. The van der Waals surface area contributed by atoms with E-state index in [-0.39, 0.29) is 24.0 Å². The largest absolute Gasteiger partial charge is 0.356 e. The molecule has 1 saturated heterocycles. The lowest BCUT2D eigenvalue weighted by molar-refractivity contribution is 0.134.